The number of rotatable bonds is 6. The first-order valence-electron chi connectivity index (χ1n) is 10.3. The Labute approximate surface area is 191 Å². The van der Waals surface area contributed by atoms with Crippen molar-refractivity contribution in [1.82, 2.24) is 15.1 Å². The molecule has 0 unspecified atom stereocenters. The van der Waals surface area contributed by atoms with E-state index in [1.54, 1.807) is 6.07 Å². The number of aryl methyl sites for hydroxylation is 4. The van der Waals surface area contributed by atoms with E-state index in [0.717, 1.165) is 39.9 Å². The van der Waals surface area contributed by atoms with Crippen LogP contribution in [0.4, 0.5) is 5.69 Å². The molecule has 2 N–H and O–H groups in total. The molecule has 31 heavy (non-hydrogen) atoms. The number of carbonyl (C=O) groups is 1. The normalized spacial score (nSPS) is 11.5. The zero-order valence-corrected chi connectivity index (χ0v) is 20.0. The van der Waals surface area contributed by atoms with Gasteiger partial charge < -0.3 is 5.32 Å². The molecule has 0 saturated heterocycles. The number of nitrogens with one attached hydrogen (secondary N) is 2. The van der Waals surface area contributed by atoms with Crippen LogP contribution < -0.4 is 10.6 Å². The highest BCUT2D eigenvalue weighted by Crippen LogP contribution is 2.18. The van der Waals surface area contributed by atoms with Gasteiger partial charge in [-0.2, -0.15) is 5.10 Å². The molecule has 0 aliphatic heterocycles. The van der Waals surface area contributed by atoms with E-state index in [2.05, 4.69) is 56.6 Å². The van der Waals surface area contributed by atoms with Crippen molar-refractivity contribution >= 4 is 33.5 Å². The van der Waals surface area contributed by atoms with Crippen LogP contribution in [0.15, 0.2) is 58.1 Å². The molecule has 6 nitrogen and oxygen atoms in total. The summed E-state index contributed by atoms with van der Waals surface area (Å²) in [4.78, 5) is 17.6. The van der Waals surface area contributed by atoms with Gasteiger partial charge in [0.25, 0.3) is 5.91 Å². The number of hydrogen-bond acceptors (Lipinski definition) is 3. The van der Waals surface area contributed by atoms with Crippen LogP contribution in [0, 0.1) is 20.8 Å². The number of benzene rings is 2. The highest BCUT2D eigenvalue weighted by Gasteiger charge is 2.13. The van der Waals surface area contributed by atoms with E-state index in [4.69, 9.17) is 0 Å². The van der Waals surface area contributed by atoms with Crippen LogP contribution in [0.5, 0.6) is 0 Å². The van der Waals surface area contributed by atoms with Crippen molar-refractivity contribution in [1.29, 1.82) is 0 Å². The number of amides is 1. The minimum absolute atomic E-state index is 0.234. The van der Waals surface area contributed by atoms with Crippen molar-refractivity contribution in [3.05, 3.63) is 81.1 Å². The van der Waals surface area contributed by atoms with E-state index < -0.39 is 0 Å². The lowest BCUT2D eigenvalue weighted by Gasteiger charge is -2.14. The Morgan fingerprint density at radius 2 is 1.94 bits per heavy atom. The lowest BCUT2D eigenvalue weighted by molar-refractivity contribution is 0.0976. The van der Waals surface area contributed by atoms with E-state index in [1.165, 1.54) is 5.56 Å². The fraction of sp³-hybridized carbons (Fsp3) is 0.292. The molecule has 1 aromatic heterocycles. The first-order chi connectivity index (χ1) is 14.9. The minimum atomic E-state index is -0.234. The van der Waals surface area contributed by atoms with Crippen molar-refractivity contribution in [3.8, 4) is 0 Å². The Morgan fingerprint density at radius 1 is 1.16 bits per heavy atom. The fourth-order valence-corrected chi connectivity index (χ4v) is 3.70. The highest BCUT2D eigenvalue weighted by molar-refractivity contribution is 9.10. The van der Waals surface area contributed by atoms with Crippen LogP contribution in [0.1, 0.15) is 46.1 Å². The number of guanidine groups is 1. The van der Waals surface area contributed by atoms with Gasteiger partial charge in [-0.1, -0.05) is 36.8 Å². The molecule has 0 saturated carbocycles. The maximum Gasteiger partial charge on any atom is 0.259 e. The lowest BCUT2D eigenvalue weighted by atomic mass is 10.1. The second kappa shape index (κ2) is 10.4. The number of anilines is 1. The molecule has 0 spiro atoms. The molecule has 1 amide bonds. The summed E-state index contributed by atoms with van der Waals surface area (Å²) in [5.41, 5.74) is 5.68. The number of nitrogens with zero attached hydrogens (tertiary/aromatic N) is 3. The summed E-state index contributed by atoms with van der Waals surface area (Å²) < 4.78 is 2.67. The van der Waals surface area contributed by atoms with Gasteiger partial charge in [0.2, 0.25) is 5.96 Å². The van der Waals surface area contributed by atoms with Crippen molar-refractivity contribution in [2.24, 2.45) is 4.99 Å². The third kappa shape index (κ3) is 6.04. The first kappa shape index (κ1) is 22.7. The predicted octanol–water partition coefficient (Wildman–Crippen LogP) is 5.38. The highest BCUT2D eigenvalue weighted by atomic mass is 79.9. The Hall–Kier alpha value is -2.93. The van der Waals surface area contributed by atoms with Crippen molar-refractivity contribution in [2.75, 3.05) is 5.32 Å². The molecular weight excluding hydrogens is 454 g/mol. The molecule has 7 heteroatoms. The average Bonchev–Trinajstić information content (AvgIpc) is 3.07. The molecule has 1 heterocycles. The topological polar surface area (TPSA) is 71.3 Å². The van der Waals surface area contributed by atoms with Crippen molar-refractivity contribution in [2.45, 2.75) is 47.2 Å². The second-order valence-corrected chi connectivity index (χ2v) is 8.40. The van der Waals surface area contributed by atoms with E-state index in [-0.39, 0.29) is 5.91 Å². The summed E-state index contributed by atoms with van der Waals surface area (Å²) in [7, 11) is 0. The Morgan fingerprint density at radius 3 is 2.65 bits per heavy atom. The van der Waals surface area contributed by atoms with Gasteiger partial charge in [0.05, 0.1) is 17.8 Å². The SMILES string of the molecule is CCCn1cc(CN=C(NC(=O)c2ccccc2Br)Nc2ccc(C)cc2C)c(C)n1. The molecule has 0 fully saturated rings. The van der Waals surface area contributed by atoms with Gasteiger partial charge in [-0.15, -0.1) is 0 Å². The smallest absolute Gasteiger partial charge is 0.259 e. The van der Waals surface area contributed by atoms with E-state index in [9.17, 15) is 4.79 Å². The Kier molecular flexibility index (Phi) is 7.63. The maximum absolute atomic E-state index is 12.9. The van der Waals surface area contributed by atoms with Crippen molar-refractivity contribution in [3.63, 3.8) is 0 Å². The zero-order chi connectivity index (χ0) is 22.4. The summed E-state index contributed by atoms with van der Waals surface area (Å²) >= 11 is 3.44. The number of aliphatic imine (C=N–C) groups is 1. The molecule has 0 aliphatic rings. The fourth-order valence-electron chi connectivity index (χ4n) is 3.23. The molecule has 3 aromatic rings. The van der Waals surface area contributed by atoms with Crippen molar-refractivity contribution < 1.29 is 4.79 Å². The van der Waals surface area contributed by atoms with Gasteiger partial charge in [-0.3, -0.25) is 14.8 Å². The monoisotopic (exact) mass is 481 g/mol. The summed E-state index contributed by atoms with van der Waals surface area (Å²) in [5, 5.41) is 10.8. The molecule has 0 aliphatic carbocycles. The number of carbonyl (C=O) groups excluding carboxylic acids is 1. The van der Waals surface area contributed by atoms with Crippen LogP contribution in [0.25, 0.3) is 0 Å². The molecule has 0 bridgehead atoms. The van der Waals surface area contributed by atoms with Gasteiger partial charge in [-0.25, -0.2) is 4.99 Å². The quantitative estimate of drug-likeness (QED) is 0.366. The molecule has 3 rings (SSSR count). The second-order valence-electron chi connectivity index (χ2n) is 7.55. The van der Waals surface area contributed by atoms with Crippen LogP contribution in [0.3, 0.4) is 0 Å². The van der Waals surface area contributed by atoms with Gasteiger partial charge >= 0.3 is 0 Å². The lowest BCUT2D eigenvalue weighted by Crippen LogP contribution is -2.36. The van der Waals surface area contributed by atoms with Crippen LogP contribution in [-0.4, -0.2) is 21.6 Å². The standard InChI is InChI=1S/C24H28BrN5O/c1-5-12-30-15-19(18(4)29-30)14-26-24(27-22-11-10-16(2)13-17(22)3)28-23(31)20-8-6-7-9-21(20)25/h6-11,13,15H,5,12,14H2,1-4H3,(H2,26,27,28,31). The molecule has 2 aromatic carbocycles. The average molecular weight is 482 g/mol. The summed E-state index contributed by atoms with van der Waals surface area (Å²) in [6.07, 6.45) is 3.04. The van der Waals surface area contributed by atoms with Crippen LogP contribution in [-0.2, 0) is 13.1 Å². The van der Waals surface area contributed by atoms with E-state index in [0.29, 0.717) is 18.1 Å². The van der Waals surface area contributed by atoms with Gasteiger partial charge in [-0.05, 0) is 66.9 Å². The third-order valence-corrected chi connectivity index (χ3v) is 5.59. The van der Waals surface area contributed by atoms with Gasteiger partial charge in [0.1, 0.15) is 0 Å². The Balaban J connectivity index is 1.87. The van der Waals surface area contributed by atoms with Crippen LogP contribution >= 0.6 is 15.9 Å². The summed E-state index contributed by atoms with van der Waals surface area (Å²) in [5.74, 6) is 0.164. The van der Waals surface area contributed by atoms with Gasteiger partial charge in [0.15, 0.2) is 0 Å². The largest absolute Gasteiger partial charge is 0.326 e. The summed E-state index contributed by atoms with van der Waals surface area (Å²) in [6.45, 7) is 9.47. The third-order valence-electron chi connectivity index (χ3n) is 4.89. The number of aromatic nitrogens is 2. The van der Waals surface area contributed by atoms with Gasteiger partial charge in [0, 0.05) is 28.5 Å². The zero-order valence-electron chi connectivity index (χ0n) is 18.4. The predicted molar refractivity (Wildman–Crippen MR) is 130 cm³/mol. The minimum Gasteiger partial charge on any atom is -0.326 e. The Bertz CT molecular complexity index is 1100. The number of halogens is 1. The number of hydrogen-bond donors (Lipinski definition) is 2. The molecule has 0 radical (unpaired) electrons. The maximum atomic E-state index is 12.9. The molecule has 0 atom stereocenters. The van der Waals surface area contributed by atoms with E-state index in [1.807, 2.05) is 55.1 Å². The van der Waals surface area contributed by atoms with E-state index >= 15 is 0 Å². The molecule has 162 valence electrons. The first-order valence-corrected chi connectivity index (χ1v) is 11.1. The molecular formula is C24H28BrN5O. The summed E-state index contributed by atoms with van der Waals surface area (Å²) in [6, 6.07) is 13.4. The van der Waals surface area contributed by atoms with Crippen LogP contribution in [0.2, 0.25) is 0 Å².